The molecule has 12 aromatic carbocycles. The molecule has 0 saturated carbocycles. The molecule has 0 aliphatic carbocycles. The standard InChI is InChI=1S/C14H11ClO2.C14H11FO3.C14H11FO2.C14H12O6S.C13H9FO3.C12H10O2/c1-10(16)11-2-6-13(7-3-11)17-14-8-4-12(15)5-9-14;1-8-6-10(15)3-4-11(8)9-2-5-13(16)12(7-9)14(17)18;1-10(16)11-2-6-13(7-3-11)17-14-8-4-12(15)5-9-14;1-20-12-8-11(15)10(7-13(12)21(17,18)19)14(16)9-5-3-2-4-6-9;14-10-3-1-2-8(6-10)9-4-5-12(15)11(7-9)13(16)17;1-8-2-3-10-7-11(12(13)14)5-4-9(10)6-8/h2-9H,1H3;2-7,16H,1H3,(H,17,18);2-9H,1H3;2-8,15H,1H3,(H,17,18,19);1-7,15H,(H,16,17);2-7H,1H3,(H,13,14). The quantitative estimate of drug-likeness (QED) is 0.0370. The highest BCUT2D eigenvalue weighted by Gasteiger charge is 2.24. The summed E-state index contributed by atoms with van der Waals surface area (Å²) < 4.78 is 86.4. The molecule has 12 rings (SSSR count). The molecule has 0 amide bonds. The molecule has 0 unspecified atom stereocenters. The van der Waals surface area contributed by atoms with E-state index in [4.69, 9.17) is 45.7 Å². The van der Waals surface area contributed by atoms with E-state index in [0.29, 0.717) is 67.0 Å². The number of carboxylic acid groups (broad SMARTS) is 3. The summed E-state index contributed by atoms with van der Waals surface area (Å²) in [5.41, 5.74) is 5.66. The Morgan fingerprint density at radius 2 is 0.865 bits per heavy atom. The third-order valence-electron chi connectivity index (χ3n) is 14.8. The third kappa shape index (κ3) is 22.8. The molecule has 0 bridgehead atoms. The summed E-state index contributed by atoms with van der Waals surface area (Å²) in [7, 11) is -3.41. The van der Waals surface area contributed by atoms with E-state index < -0.39 is 50.3 Å². The Bertz CT molecular complexity index is 5090. The van der Waals surface area contributed by atoms with E-state index in [9.17, 15) is 65.7 Å². The minimum Gasteiger partial charge on any atom is -0.507 e. The molecule has 0 radical (unpaired) electrons. The largest absolute Gasteiger partial charge is 0.507 e. The van der Waals surface area contributed by atoms with Crippen LogP contribution in [0.3, 0.4) is 0 Å². The lowest BCUT2D eigenvalue weighted by Crippen LogP contribution is -2.07. The first kappa shape index (κ1) is 78.4. The summed E-state index contributed by atoms with van der Waals surface area (Å²) >= 11 is 5.78. The van der Waals surface area contributed by atoms with Gasteiger partial charge in [-0.05, 0) is 230 Å². The Morgan fingerprint density at radius 3 is 1.36 bits per heavy atom. The number of hydrogen-bond donors (Lipinski definition) is 7. The number of phenolic OH excluding ortho intramolecular Hbond substituents is 1. The number of hydrogen-bond acceptors (Lipinski definition) is 14. The second-order valence-corrected chi connectivity index (χ2v) is 24.2. The van der Waals surface area contributed by atoms with Crippen LogP contribution in [0.15, 0.2) is 260 Å². The molecule has 0 spiro atoms. The number of aromatic carboxylic acids is 3. The molecular weight excluding hydrogens is 1390 g/mol. The van der Waals surface area contributed by atoms with Gasteiger partial charge in [0, 0.05) is 27.8 Å². The van der Waals surface area contributed by atoms with Gasteiger partial charge in [0.2, 0.25) is 0 Å². The highest BCUT2D eigenvalue weighted by molar-refractivity contribution is 7.86. The average molecular weight is 1450 g/mol. The summed E-state index contributed by atoms with van der Waals surface area (Å²) in [5.74, 6) is -3.56. The molecule has 0 fully saturated rings. The van der Waals surface area contributed by atoms with E-state index >= 15 is 0 Å². The van der Waals surface area contributed by atoms with E-state index in [2.05, 4.69) is 0 Å². The molecule has 0 aliphatic heterocycles. The molecule has 104 heavy (non-hydrogen) atoms. The Morgan fingerprint density at radius 1 is 0.404 bits per heavy atom. The van der Waals surface area contributed by atoms with Crippen molar-refractivity contribution >= 4 is 67.7 Å². The van der Waals surface area contributed by atoms with Crippen molar-refractivity contribution in [2.24, 2.45) is 0 Å². The van der Waals surface area contributed by atoms with Crippen molar-refractivity contribution in [2.45, 2.75) is 32.6 Å². The second kappa shape index (κ2) is 36.4. The number of carbonyl (C=O) groups is 6. The molecule has 0 aromatic heterocycles. The van der Waals surface area contributed by atoms with Gasteiger partial charge in [0.1, 0.15) is 79.5 Å². The normalized spacial score (nSPS) is 10.4. The zero-order valence-electron chi connectivity index (χ0n) is 55.8. The highest BCUT2D eigenvalue weighted by atomic mass is 35.5. The number of aryl methyl sites for hydroxylation is 2. The number of aromatic hydroxyl groups is 3. The molecule has 18 nitrogen and oxygen atoms in total. The lowest BCUT2D eigenvalue weighted by Gasteiger charge is -2.10. The zero-order valence-corrected chi connectivity index (χ0v) is 57.4. The van der Waals surface area contributed by atoms with Gasteiger partial charge in [-0.15, -0.1) is 0 Å². The molecule has 0 saturated heterocycles. The number of ether oxygens (including phenoxy) is 3. The number of fused-ring (bicyclic) bond motifs is 1. The maximum absolute atomic E-state index is 13.0. The average Bonchev–Trinajstić information content (AvgIpc) is 0.789. The predicted octanol–water partition coefficient (Wildman–Crippen LogP) is 19.0. The van der Waals surface area contributed by atoms with E-state index in [1.807, 2.05) is 31.2 Å². The van der Waals surface area contributed by atoms with E-state index in [0.717, 1.165) is 28.5 Å². The van der Waals surface area contributed by atoms with Crippen LogP contribution in [0.4, 0.5) is 13.2 Å². The van der Waals surface area contributed by atoms with Crippen molar-refractivity contribution in [1.82, 2.24) is 0 Å². The minimum absolute atomic E-state index is 0.0123. The Balaban J connectivity index is 0.000000175. The topological polar surface area (TPSA) is 306 Å². The summed E-state index contributed by atoms with van der Waals surface area (Å²) in [5, 5.41) is 57.9. The molecule has 23 heteroatoms. The fourth-order valence-electron chi connectivity index (χ4n) is 9.51. The first-order valence-corrected chi connectivity index (χ1v) is 32.7. The molecule has 0 heterocycles. The number of carboxylic acids is 3. The highest BCUT2D eigenvalue weighted by Crippen LogP contribution is 2.34. The Kier molecular flexibility index (Phi) is 27.5. The smallest absolute Gasteiger partial charge is 0.339 e. The predicted molar refractivity (Wildman–Crippen MR) is 387 cm³/mol. The van der Waals surface area contributed by atoms with Crippen LogP contribution in [0.2, 0.25) is 5.02 Å². The monoisotopic (exact) mass is 1450 g/mol. The molecule has 0 atom stereocenters. The van der Waals surface area contributed by atoms with Crippen LogP contribution in [0.25, 0.3) is 33.0 Å². The molecule has 0 aliphatic rings. The van der Waals surface area contributed by atoms with Crippen LogP contribution < -0.4 is 14.2 Å². The summed E-state index contributed by atoms with van der Waals surface area (Å²) in [6.07, 6.45) is 0. The van der Waals surface area contributed by atoms with Crippen molar-refractivity contribution in [3.05, 3.63) is 327 Å². The van der Waals surface area contributed by atoms with Crippen LogP contribution in [-0.4, -0.2) is 86.0 Å². The number of Topliss-reactive ketones (excluding diaryl/α,β-unsaturated/α-hetero) is 2. The van der Waals surface area contributed by atoms with E-state index in [1.165, 1.54) is 111 Å². The molecule has 530 valence electrons. The van der Waals surface area contributed by atoms with Crippen LogP contribution in [0, 0.1) is 31.3 Å². The van der Waals surface area contributed by atoms with Crippen molar-refractivity contribution in [2.75, 3.05) is 7.11 Å². The molecule has 7 N–H and O–H groups in total. The fourth-order valence-corrected chi connectivity index (χ4v) is 10.3. The van der Waals surface area contributed by atoms with Gasteiger partial charge in [0.05, 0.1) is 18.2 Å². The van der Waals surface area contributed by atoms with Crippen molar-refractivity contribution in [1.29, 1.82) is 0 Å². The fraction of sp³-hybridized carbons (Fsp3) is 0.0617. The second-order valence-electron chi connectivity index (χ2n) is 22.4. The van der Waals surface area contributed by atoms with E-state index in [-0.39, 0.29) is 62.7 Å². The maximum Gasteiger partial charge on any atom is 0.339 e. The first-order chi connectivity index (χ1) is 49.4. The lowest BCUT2D eigenvalue weighted by molar-refractivity contribution is 0.0682. The first-order valence-electron chi connectivity index (χ1n) is 30.8. The number of benzene rings is 12. The van der Waals surface area contributed by atoms with Gasteiger partial charge in [-0.1, -0.05) is 102 Å². The number of ketones is 3. The molecular formula is C81H64ClF3O18S. The van der Waals surface area contributed by atoms with Gasteiger partial charge in [0.15, 0.2) is 17.3 Å². The van der Waals surface area contributed by atoms with Crippen molar-refractivity contribution in [3.63, 3.8) is 0 Å². The van der Waals surface area contributed by atoms with Gasteiger partial charge in [-0.2, -0.15) is 8.42 Å². The molecule has 12 aromatic rings. The SMILES string of the molecule is CC(=O)c1ccc(Oc2ccc(Cl)cc2)cc1.CC(=O)c1ccc(Oc2ccc(F)cc2)cc1.COc1cc(O)c(C(=O)c2ccccc2)cc1S(=O)(=O)O.Cc1cc(F)ccc1-c1ccc(O)c(C(=O)O)c1.Cc1ccc2cc(C(=O)O)ccc2c1.O=C(O)c1cc(-c2cccc(F)c2)ccc1O. The number of rotatable bonds is 15. The Hall–Kier alpha value is -12.9. The number of phenols is 3. The van der Waals surface area contributed by atoms with Crippen LogP contribution >= 0.6 is 11.6 Å². The van der Waals surface area contributed by atoms with Gasteiger partial charge in [-0.3, -0.25) is 18.9 Å². The summed E-state index contributed by atoms with van der Waals surface area (Å²) in [6.45, 7) is 6.81. The van der Waals surface area contributed by atoms with Gasteiger partial charge in [-0.25, -0.2) is 27.6 Å². The third-order valence-corrected chi connectivity index (χ3v) is 15.9. The van der Waals surface area contributed by atoms with Crippen LogP contribution in [-0.2, 0) is 10.1 Å². The number of methoxy groups -OCH3 is 1. The van der Waals surface area contributed by atoms with Gasteiger partial charge < -0.3 is 44.8 Å². The van der Waals surface area contributed by atoms with Crippen molar-refractivity contribution in [3.8, 4) is 68.2 Å². The zero-order chi connectivity index (χ0) is 75.9. The maximum atomic E-state index is 13.0. The Labute approximate surface area is 599 Å². The van der Waals surface area contributed by atoms with Crippen LogP contribution in [0.1, 0.15) is 92.7 Å². The van der Waals surface area contributed by atoms with Crippen LogP contribution in [0.5, 0.6) is 46.0 Å². The number of carbonyl (C=O) groups excluding carboxylic acids is 3. The van der Waals surface area contributed by atoms with Crippen molar-refractivity contribution < 1.29 is 99.8 Å². The van der Waals surface area contributed by atoms with Gasteiger partial charge >= 0.3 is 17.9 Å². The summed E-state index contributed by atoms with van der Waals surface area (Å²) in [6, 6.07) is 66.3. The van der Waals surface area contributed by atoms with Gasteiger partial charge in [0.25, 0.3) is 10.1 Å². The minimum atomic E-state index is -4.59. The number of halogens is 4. The summed E-state index contributed by atoms with van der Waals surface area (Å²) in [4.78, 5) is 66.3. The van der Waals surface area contributed by atoms with E-state index in [1.54, 1.807) is 140 Å². The lowest BCUT2D eigenvalue weighted by atomic mass is 9.98.